The first kappa shape index (κ1) is 23.6. The molecular weight excluding hydrogens is 529 g/mol. The van der Waals surface area contributed by atoms with Crippen LogP contribution in [0.3, 0.4) is 0 Å². The fourth-order valence-corrected chi connectivity index (χ4v) is 3.82. The fraction of sp³-hybridized carbons (Fsp3) is 0.174. The Hall–Kier alpha value is -3.55. The van der Waals surface area contributed by atoms with Crippen molar-refractivity contribution in [3.63, 3.8) is 0 Å². The summed E-state index contributed by atoms with van der Waals surface area (Å²) in [6.45, 7) is 10.6. The van der Waals surface area contributed by atoms with Crippen molar-refractivity contribution in [2.45, 2.75) is 26.4 Å². The first-order chi connectivity index (χ1) is 16.3. The number of aromatic nitrogens is 4. The molecule has 0 N–H and O–H groups in total. The minimum atomic E-state index is -0.705. The lowest BCUT2D eigenvalue weighted by molar-refractivity contribution is 0.115. The molecule has 0 spiro atoms. The zero-order chi connectivity index (χ0) is 24.4. The minimum Gasteiger partial charge on any atom is -0.454 e. The maximum Gasteiger partial charge on any atom is 0.437 e. The average Bonchev–Trinajstić information content (AvgIpc) is 3.16. The van der Waals surface area contributed by atoms with Crippen molar-refractivity contribution in [3.8, 4) is 11.5 Å². The Bertz CT molecular complexity index is 1450. The summed E-state index contributed by atoms with van der Waals surface area (Å²) in [5.41, 5.74) is 1.16. The van der Waals surface area contributed by atoms with Gasteiger partial charge in [0.05, 0.1) is 29.0 Å². The van der Waals surface area contributed by atoms with Crippen LogP contribution < -0.4 is 4.74 Å². The lowest BCUT2D eigenvalue weighted by atomic mass is 10.1. The van der Waals surface area contributed by atoms with Crippen molar-refractivity contribution in [2.75, 3.05) is 0 Å². The summed E-state index contributed by atoms with van der Waals surface area (Å²) >= 11 is 9.35. The van der Waals surface area contributed by atoms with E-state index >= 15 is 4.39 Å². The molecule has 0 radical (unpaired) electrons. The van der Waals surface area contributed by atoms with Gasteiger partial charge in [-0.25, -0.2) is 14.0 Å². The molecule has 0 amide bonds. The molecule has 0 saturated carbocycles. The summed E-state index contributed by atoms with van der Waals surface area (Å²) in [6.07, 6.45) is 0.447. The van der Waals surface area contributed by atoms with Crippen molar-refractivity contribution in [1.29, 1.82) is 0 Å². The van der Waals surface area contributed by atoms with Crippen LogP contribution in [0.5, 0.6) is 11.5 Å². The average molecular weight is 545 g/mol. The van der Waals surface area contributed by atoms with Gasteiger partial charge < -0.3 is 9.47 Å². The first-order valence-corrected chi connectivity index (χ1v) is 11.2. The van der Waals surface area contributed by atoms with Gasteiger partial charge in [-0.15, -0.1) is 9.78 Å². The molecule has 11 heteroatoms. The number of nitrogens with zero attached hydrogens (tertiary/aromatic N) is 5. The zero-order valence-electron chi connectivity index (χ0n) is 17.9. The molecule has 0 fully saturated rings. The number of ether oxygens (including phenoxy) is 2. The highest BCUT2D eigenvalue weighted by Gasteiger charge is 2.22. The Kier molecular flexibility index (Phi) is 6.77. The molecule has 4 aromatic rings. The number of hydrogen-bond acceptors (Lipinski definition) is 6. The van der Waals surface area contributed by atoms with E-state index < -0.39 is 11.9 Å². The summed E-state index contributed by atoms with van der Waals surface area (Å²) in [5, 5.41) is 13.0. The Balaban J connectivity index is 1.72. The molecule has 172 valence electrons. The molecule has 4 rings (SSSR count). The summed E-state index contributed by atoms with van der Waals surface area (Å²) in [6, 6.07) is 9.31. The molecule has 0 aliphatic rings. The van der Waals surface area contributed by atoms with Gasteiger partial charge in [-0.3, -0.25) is 0 Å². The van der Waals surface area contributed by atoms with Crippen molar-refractivity contribution < 1.29 is 18.7 Å². The van der Waals surface area contributed by atoms with Crippen molar-refractivity contribution in [3.05, 3.63) is 80.6 Å². The standard InChI is InChI=1S/C23H16BrClFN5O3/c1-12(2)33-23(32)31-22-17(6-7-28-29-22)19(30-31)8-13-4-5-18(24)21(20(13)26)34-16-10-14(25)9-15(11-16)27-3/h4-7,9-12H,8H2,1-2H3. The Morgan fingerprint density at radius 1 is 1.29 bits per heavy atom. The minimum absolute atomic E-state index is 0.0441. The lowest BCUT2D eigenvalue weighted by Gasteiger charge is -2.12. The van der Waals surface area contributed by atoms with Gasteiger partial charge in [0, 0.05) is 16.8 Å². The van der Waals surface area contributed by atoms with E-state index in [1.807, 2.05) is 0 Å². The second-order valence-corrected chi connectivity index (χ2v) is 8.74. The monoisotopic (exact) mass is 543 g/mol. The number of halogens is 3. The Morgan fingerprint density at radius 2 is 2.09 bits per heavy atom. The van der Waals surface area contributed by atoms with Crippen LogP contribution in [0, 0.1) is 12.4 Å². The quantitative estimate of drug-likeness (QED) is 0.260. The van der Waals surface area contributed by atoms with E-state index in [9.17, 15) is 4.79 Å². The van der Waals surface area contributed by atoms with Gasteiger partial charge in [-0.1, -0.05) is 17.7 Å². The molecular formula is C23H16BrClFN5O3. The smallest absolute Gasteiger partial charge is 0.437 e. The number of rotatable bonds is 5. The van der Waals surface area contributed by atoms with E-state index in [0.29, 0.717) is 20.6 Å². The second-order valence-electron chi connectivity index (χ2n) is 7.44. The molecule has 2 heterocycles. The van der Waals surface area contributed by atoms with Gasteiger partial charge in [0.15, 0.2) is 22.9 Å². The molecule has 8 nitrogen and oxygen atoms in total. The zero-order valence-corrected chi connectivity index (χ0v) is 20.3. The van der Waals surface area contributed by atoms with Gasteiger partial charge in [0.25, 0.3) is 0 Å². The van der Waals surface area contributed by atoms with Crippen LogP contribution in [0.1, 0.15) is 25.1 Å². The van der Waals surface area contributed by atoms with Crippen LogP contribution in [0.25, 0.3) is 15.9 Å². The molecule has 0 unspecified atom stereocenters. The number of hydrogen-bond donors (Lipinski definition) is 0. The highest BCUT2D eigenvalue weighted by molar-refractivity contribution is 9.10. The normalized spacial score (nSPS) is 11.0. The van der Waals surface area contributed by atoms with E-state index in [2.05, 4.69) is 36.1 Å². The van der Waals surface area contributed by atoms with E-state index in [-0.39, 0.29) is 40.9 Å². The van der Waals surface area contributed by atoms with Crippen LogP contribution >= 0.6 is 27.5 Å². The molecule has 2 aromatic carbocycles. The summed E-state index contributed by atoms with van der Waals surface area (Å²) in [7, 11) is 0. The van der Waals surface area contributed by atoms with E-state index in [4.69, 9.17) is 27.6 Å². The van der Waals surface area contributed by atoms with Gasteiger partial charge in [-0.2, -0.15) is 10.2 Å². The van der Waals surface area contributed by atoms with Crippen molar-refractivity contribution in [2.24, 2.45) is 0 Å². The lowest BCUT2D eigenvalue weighted by Crippen LogP contribution is -2.19. The molecule has 34 heavy (non-hydrogen) atoms. The van der Waals surface area contributed by atoms with Crippen LogP contribution in [0.2, 0.25) is 5.02 Å². The molecule has 0 aliphatic heterocycles. The van der Waals surface area contributed by atoms with Crippen molar-refractivity contribution >= 4 is 50.3 Å². The second kappa shape index (κ2) is 9.75. The van der Waals surface area contributed by atoms with E-state index in [1.165, 1.54) is 24.4 Å². The topological polar surface area (TPSA) is 83.5 Å². The first-order valence-electron chi connectivity index (χ1n) is 10.00. The number of benzene rings is 2. The molecule has 0 bridgehead atoms. The summed E-state index contributed by atoms with van der Waals surface area (Å²) < 4.78 is 27.9. The maximum atomic E-state index is 15.5. The third-order valence-electron chi connectivity index (χ3n) is 4.63. The molecule has 0 aliphatic carbocycles. The number of carbonyl (C=O) groups is 1. The van der Waals surface area contributed by atoms with Gasteiger partial charge in [-0.05, 0) is 65.7 Å². The summed E-state index contributed by atoms with van der Waals surface area (Å²) in [4.78, 5) is 15.8. The van der Waals surface area contributed by atoms with Gasteiger partial charge in [0.1, 0.15) is 5.75 Å². The largest absolute Gasteiger partial charge is 0.454 e. The van der Waals surface area contributed by atoms with E-state index in [0.717, 1.165) is 4.68 Å². The summed E-state index contributed by atoms with van der Waals surface area (Å²) in [5.74, 6) is -0.483. The molecule has 0 atom stereocenters. The highest BCUT2D eigenvalue weighted by Crippen LogP contribution is 2.37. The van der Waals surface area contributed by atoms with Crippen LogP contribution in [0.4, 0.5) is 14.9 Å². The predicted molar refractivity (Wildman–Crippen MR) is 127 cm³/mol. The Labute approximate surface area is 207 Å². The van der Waals surface area contributed by atoms with Gasteiger partial charge in [0.2, 0.25) is 0 Å². The van der Waals surface area contributed by atoms with Crippen LogP contribution in [-0.2, 0) is 11.2 Å². The number of carbonyl (C=O) groups excluding carboxylic acids is 1. The molecule has 2 aromatic heterocycles. The SMILES string of the molecule is [C-]#[N+]c1cc(Cl)cc(Oc2c(Br)ccc(Cc3nn(C(=O)OC(C)C)c4nnccc34)c2F)c1. The third-order valence-corrected chi connectivity index (χ3v) is 5.48. The van der Waals surface area contributed by atoms with Crippen LogP contribution in [0.15, 0.2) is 47.1 Å². The van der Waals surface area contributed by atoms with E-state index in [1.54, 1.807) is 32.0 Å². The van der Waals surface area contributed by atoms with Crippen molar-refractivity contribution in [1.82, 2.24) is 20.0 Å². The number of fused-ring (bicyclic) bond motifs is 1. The van der Waals surface area contributed by atoms with Crippen LogP contribution in [-0.4, -0.2) is 32.2 Å². The maximum absolute atomic E-state index is 15.5. The molecule has 0 saturated heterocycles. The Morgan fingerprint density at radius 3 is 2.82 bits per heavy atom. The predicted octanol–water partition coefficient (Wildman–Crippen LogP) is 6.71. The van der Waals surface area contributed by atoms with Gasteiger partial charge >= 0.3 is 6.09 Å². The fourth-order valence-electron chi connectivity index (χ4n) is 3.21. The third kappa shape index (κ3) is 4.85. The highest BCUT2D eigenvalue weighted by atomic mass is 79.9.